The van der Waals surface area contributed by atoms with Gasteiger partial charge in [0.25, 0.3) is 0 Å². The van der Waals surface area contributed by atoms with Crippen LogP contribution in [0.25, 0.3) is 0 Å². The molecular weight excluding hydrogens is 168 g/mol. The van der Waals surface area contributed by atoms with E-state index in [4.69, 9.17) is 6.42 Å². The molecule has 2 saturated carbocycles. The fraction of sp³-hybridized carbons (Fsp3) is 0.571. The summed E-state index contributed by atoms with van der Waals surface area (Å²) in [4.78, 5) is 0. The molecule has 0 nitrogen and oxygen atoms in total. The number of rotatable bonds is 0. The largest absolute Gasteiger partial charge is 0.120 e. The smallest absolute Gasteiger partial charge is 0.0209 e. The van der Waals surface area contributed by atoms with Crippen LogP contribution in [0.1, 0.15) is 32.1 Å². The highest BCUT2D eigenvalue weighted by Gasteiger charge is 2.35. The van der Waals surface area contributed by atoms with E-state index in [1.807, 2.05) is 0 Å². The first-order valence-electron chi connectivity index (χ1n) is 5.54. The van der Waals surface area contributed by atoms with Crippen LogP contribution in [-0.2, 0) is 0 Å². The Morgan fingerprint density at radius 3 is 2.43 bits per heavy atom. The molecule has 2 aliphatic carbocycles. The molecule has 0 bridgehead atoms. The molecule has 2 fully saturated rings. The van der Waals surface area contributed by atoms with Crippen molar-refractivity contribution in [1.29, 1.82) is 0 Å². The Morgan fingerprint density at radius 1 is 1.07 bits per heavy atom. The fourth-order valence-electron chi connectivity index (χ4n) is 2.95. The van der Waals surface area contributed by atoms with Crippen LogP contribution in [0.5, 0.6) is 0 Å². The lowest BCUT2D eigenvalue weighted by molar-refractivity contribution is 0.434. The van der Waals surface area contributed by atoms with E-state index in [1.165, 1.54) is 24.0 Å². The van der Waals surface area contributed by atoms with Crippen molar-refractivity contribution in [1.82, 2.24) is 0 Å². The van der Waals surface area contributed by atoms with E-state index in [0.29, 0.717) is 17.8 Å². The van der Waals surface area contributed by atoms with E-state index in [-0.39, 0.29) is 0 Å². The fourth-order valence-corrected chi connectivity index (χ4v) is 2.95. The molecule has 0 saturated heterocycles. The molecule has 0 aromatic carbocycles. The summed E-state index contributed by atoms with van der Waals surface area (Å²) in [6.45, 7) is 8.38. The standard InChI is InChI=1S/C14H18/c1-4-12-7-5-10(2)13-8-6-11(3)14(13)9-12/h1,12-14H,2-3,5-9H2/t12-,13+,14+/m1/s1. The van der Waals surface area contributed by atoms with Crippen LogP contribution in [0.3, 0.4) is 0 Å². The molecule has 0 N–H and O–H groups in total. The Hall–Kier alpha value is -0.960. The molecule has 0 unspecified atom stereocenters. The van der Waals surface area contributed by atoms with E-state index in [0.717, 1.165) is 19.3 Å². The van der Waals surface area contributed by atoms with Gasteiger partial charge in [0.05, 0.1) is 0 Å². The maximum atomic E-state index is 5.54. The second-order valence-corrected chi connectivity index (χ2v) is 4.71. The summed E-state index contributed by atoms with van der Waals surface area (Å²) in [5.74, 6) is 4.71. The van der Waals surface area contributed by atoms with Gasteiger partial charge in [-0.2, -0.15) is 0 Å². The third kappa shape index (κ3) is 1.52. The maximum Gasteiger partial charge on any atom is 0.0209 e. The summed E-state index contributed by atoms with van der Waals surface area (Å²) in [5.41, 5.74) is 2.84. The molecule has 0 heteroatoms. The molecule has 0 radical (unpaired) electrons. The Bertz CT molecular complexity index is 302. The van der Waals surface area contributed by atoms with Gasteiger partial charge in [0.2, 0.25) is 0 Å². The second kappa shape index (κ2) is 3.65. The Balaban J connectivity index is 2.21. The normalized spacial score (nSPS) is 37.5. The summed E-state index contributed by atoms with van der Waals surface area (Å²) < 4.78 is 0. The molecule has 14 heavy (non-hydrogen) atoms. The predicted molar refractivity (Wildman–Crippen MR) is 60.7 cm³/mol. The van der Waals surface area contributed by atoms with E-state index >= 15 is 0 Å². The highest BCUT2D eigenvalue weighted by Crippen LogP contribution is 2.46. The van der Waals surface area contributed by atoms with Gasteiger partial charge in [-0.25, -0.2) is 0 Å². The molecule has 0 aromatic rings. The van der Waals surface area contributed by atoms with Gasteiger partial charge in [-0.05, 0) is 43.9 Å². The third-order valence-electron chi connectivity index (χ3n) is 3.90. The Labute approximate surface area is 87.1 Å². The van der Waals surface area contributed by atoms with E-state index in [9.17, 15) is 0 Å². The van der Waals surface area contributed by atoms with Crippen molar-refractivity contribution in [3.63, 3.8) is 0 Å². The summed E-state index contributed by atoms with van der Waals surface area (Å²) in [7, 11) is 0. The second-order valence-electron chi connectivity index (χ2n) is 4.71. The molecule has 2 rings (SSSR count). The molecule has 3 atom stereocenters. The van der Waals surface area contributed by atoms with Crippen molar-refractivity contribution in [3.8, 4) is 12.3 Å². The molecule has 0 aliphatic heterocycles. The van der Waals surface area contributed by atoms with E-state index < -0.39 is 0 Å². The first-order chi connectivity index (χ1) is 6.72. The van der Waals surface area contributed by atoms with Gasteiger partial charge in [0.15, 0.2) is 0 Å². The minimum Gasteiger partial charge on any atom is -0.120 e. The van der Waals surface area contributed by atoms with Gasteiger partial charge in [0, 0.05) is 5.92 Å². The molecule has 0 amide bonds. The highest BCUT2D eigenvalue weighted by molar-refractivity contribution is 5.21. The highest BCUT2D eigenvalue weighted by atomic mass is 14.4. The van der Waals surface area contributed by atoms with Gasteiger partial charge in [-0.3, -0.25) is 0 Å². The number of hydrogen-bond acceptors (Lipinski definition) is 0. The number of hydrogen-bond donors (Lipinski definition) is 0. The van der Waals surface area contributed by atoms with Crippen molar-refractivity contribution in [3.05, 3.63) is 24.3 Å². The molecule has 0 heterocycles. The van der Waals surface area contributed by atoms with Crippen LogP contribution in [-0.4, -0.2) is 0 Å². The van der Waals surface area contributed by atoms with Crippen molar-refractivity contribution >= 4 is 0 Å². The molecule has 0 aromatic heterocycles. The first kappa shape index (κ1) is 9.59. The topological polar surface area (TPSA) is 0 Å². The van der Waals surface area contributed by atoms with Crippen LogP contribution in [0.4, 0.5) is 0 Å². The van der Waals surface area contributed by atoms with Crippen LogP contribution in [0.15, 0.2) is 24.3 Å². The molecule has 0 spiro atoms. The van der Waals surface area contributed by atoms with Crippen LogP contribution >= 0.6 is 0 Å². The summed E-state index contributed by atoms with van der Waals surface area (Å²) in [6, 6.07) is 0. The Morgan fingerprint density at radius 2 is 1.71 bits per heavy atom. The zero-order valence-corrected chi connectivity index (χ0v) is 8.76. The van der Waals surface area contributed by atoms with Crippen LogP contribution < -0.4 is 0 Å². The minimum atomic E-state index is 0.455. The van der Waals surface area contributed by atoms with Gasteiger partial charge >= 0.3 is 0 Å². The van der Waals surface area contributed by atoms with E-state index in [2.05, 4.69) is 19.1 Å². The zero-order valence-electron chi connectivity index (χ0n) is 8.76. The number of terminal acetylenes is 1. The number of allylic oxidation sites excluding steroid dienone is 2. The summed E-state index contributed by atoms with van der Waals surface area (Å²) in [5, 5.41) is 0. The van der Waals surface area contributed by atoms with Crippen molar-refractivity contribution < 1.29 is 0 Å². The lowest BCUT2D eigenvalue weighted by atomic mass is 9.85. The molecular formula is C14H18. The van der Waals surface area contributed by atoms with Crippen molar-refractivity contribution in [2.45, 2.75) is 32.1 Å². The van der Waals surface area contributed by atoms with Crippen molar-refractivity contribution in [2.24, 2.45) is 17.8 Å². The Kier molecular flexibility index (Phi) is 2.50. The zero-order chi connectivity index (χ0) is 10.1. The lowest BCUT2D eigenvalue weighted by Gasteiger charge is -2.19. The third-order valence-corrected chi connectivity index (χ3v) is 3.90. The average molecular weight is 186 g/mol. The minimum absolute atomic E-state index is 0.455. The van der Waals surface area contributed by atoms with Crippen LogP contribution in [0, 0.1) is 30.1 Å². The monoisotopic (exact) mass is 186 g/mol. The van der Waals surface area contributed by atoms with E-state index in [1.54, 1.807) is 0 Å². The predicted octanol–water partition coefficient (Wildman–Crippen LogP) is 3.56. The SMILES string of the molecule is C#C[C@@H]1CCC(=C)[C@@H]2CCC(=C)[C@@H]2C1. The van der Waals surface area contributed by atoms with Gasteiger partial charge < -0.3 is 0 Å². The quantitative estimate of drug-likeness (QED) is 0.401. The maximum absolute atomic E-state index is 5.54. The van der Waals surface area contributed by atoms with Crippen LogP contribution in [0.2, 0.25) is 0 Å². The average Bonchev–Trinajstić information content (AvgIpc) is 2.45. The molecule has 2 aliphatic rings. The van der Waals surface area contributed by atoms with Gasteiger partial charge in [-0.1, -0.05) is 24.3 Å². The first-order valence-corrected chi connectivity index (χ1v) is 5.54. The summed E-state index contributed by atoms with van der Waals surface area (Å²) in [6.07, 6.45) is 11.4. The summed E-state index contributed by atoms with van der Waals surface area (Å²) >= 11 is 0. The van der Waals surface area contributed by atoms with Gasteiger partial charge in [0.1, 0.15) is 0 Å². The number of fused-ring (bicyclic) bond motifs is 1. The molecule has 74 valence electrons. The van der Waals surface area contributed by atoms with Gasteiger partial charge in [-0.15, -0.1) is 12.3 Å². The van der Waals surface area contributed by atoms with Crippen molar-refractivity contribution in [2.75, 3.05) is 0 Å². The lowest BCUT2D eigenvalue weighted by Crippen LogP contribution is -2.10.